The van der Waals surface area contributed by atoms with Gasteiger partial charge in [-0.25, -0.2) is 0 Å². The second-order valence-corrected chi connectivity index (χ2v) is 4.55. The zero-order valence-corrected chi connectivity index (χ0v) is 10.9. The molecule has 0 aliphatic carbocycles. The third-order valence-corrected chi connectivity index (χ3v) is 2.61. The van der Waals surface area contributed by atoms with Crippen molar-refractivity contribution in [1.29, 1.82) is 0 Å². The second kappa shape index (κ2) is 5.42. The molecule has 0 amide bonds. The molecule has 1 heterocycles. The predicted octanol–water partition coefficient (Wildman–Crippen LogP) is 3.41. The van der Waals surface area contributed by atoms with E-state index >= 15 is 0 Å². The fourth-order valence-corrected chi connectivity index (χ4v) is 1.61. The summed E-state index contributed by atoms with van der Waals surface area (Å²) in [5.74, 6) is 0. The minimum absolute atomic E-state index is 0. The average Bonchev–Trinajstić information content (AvgIpc) is 2.16. The van der Waals surface area contributed by atoms with Crippen LogP contribution in [0.1, 0.15) is 25.1 Å². The first-order valence-corrected chi connectivity index (χ1v) is 4.99. The van der Waals surface area contributed by atoms with Crippen LogP contribution in [-0.4, -0.2) is 11.5 Å². The van der Waals surface area contributed by atoms with Gasteiger partial charge in [0.1, 0.15) is 0 Å². The van der Waals surface area contributed by atoms with Crippen LogP contribution < -0.4 is 5.73 Å². The average molecular weight is 289 g/mol. The van der Waals surface area contributed by atoms with Crippen LogP contribution in [0.3, 0.4) is 0 Å². The Labute approximate surface area is 109 Å². The number of nitrogens with zero attached hydrogens (tertiary/aromatic N) is 1. The molecule has 0 spiro atoms. The summed E-state index contributed by atoms with van der Waals surface area (Å²) in [6.07, 6.45) is -3.65. The number of halogens is 5. The van der Waals surface area contributed by atoms with E-state index in [4.69, 9.17) is 17.3 Å². The molecule has 0 saturated carbocycles. The van der Waals surface area contributed by atoms with E-state index in [1.54, 1.807) is 13.8 Å². The van der Waals surface area contributed by atoms with E-state index in [9.17, 15) is 13.2 Å². The highest BCUT2D eigenvalue weighted by Gasteiger charge is 2.33. The summed E-state index contributed by atoms with van der Waals surface area (Å²) in [5.41, 5.74) is 4.50. The molecule has 7 heteroatoms. The van der Waals surface area contributed by atoms with Gasteiger partial charge in [-0.1, -0.05) is 25.4 Å². The van der Waals surface area contributed by atoms with Gasteiger partial charge in [0.15, 0.2) is 0 Å². The van der Waals surface area contributed by atoms with Gasteiger partial charge < -0.3 is 5.73 Å². The monoisotopic (exact) mass is 288 g/mol. The Morgan fingerprint density at radius 2 is 1.88 bits per heavy atom. The van der Waals surface area contributed by atoms with E-state index in [0.717, 1.165) is 12.3 Å². The van der Waals surface area contributed by atoms with Gasteiger partial charge in [-0.3, -0.25) is 4.98 Å². The molecule has 2 N–H and O–H groups in total. The largest absolute Gasteiger partial charge is 0.417 e. The smallest absolute Gasteiger partial charge is 0.330 e. The number of pyridine rings is 1. The molecule has 0 unspecified atom stereocenters. The van der Waals surface area contributed by atoms with Crippen LogP contribution in [-0.2, 0) is 11.6 Å². The predicted molar refractivity (Wildman–Crippen MR) is 63.6 cm³/mol. The molecular formula is C10H13Cl2F3N2. The molecule has 2 nitrogen and oxygen atoms in total. The van der Waals surface area contributed by atoms with Gasteiger partial charge in [-0.2, -0.15) is 13.2 Å². The minimum atomic E-state index is -4.43. The van der Waals surface area contributed by atoms with Crippen molar-refractivity contribution in [3.05, 3.63) is 28.5 Å². The van der Waals surface area contributed by atoms with E-state index in [0.29, 0.717) is 5.69 Å². The molecule has 0 atom stereocenters. The van der Waals surface area contributed by atoms with Gasteiger partial charge in [0.05, 0.1) is 16.3 Å². The van der Waals surface area contributed by atoms with E-state index in [2.05, 4.69) is 4.98 Å². The highest BCUT2D eigenvalue weighted by atomic mass is 35.5. The number of alkyl halides is 3. The fourth-order valence-electron chi connectivity index (χ4n) is 1.19. The zero-order chi connectivity index (χ0) is 12.6. The van der Waals surface area contributed by atoms with Crippen molar-refractivity contribution in [1.82, 2.24) is 4.98 Å². The Balaban J connectivity index is 0.00000256. The van der Waals surface area contributed by atoms with Gasteiger partial charge in [-0.05, 0) is 6.07 Å². The van der Waals surface area contributed by atoms with Gasteiger partial charge in [0.25, 0.3) is 0 Å². The summed E-state index contributed by atoms with van der Waals surface area (Å²) in [7, 11) is 0. The lowest BCUT2D eigenvalue weighted by Crippen LogP contribution is -2.29. The van der Waals surface area contributed by atoms with Crippen LogP contribution in [0.2, 0.25) is 5.02 Å². The first-order valence-electron chi connectivity index (χ1n) is 4.62. The number of nitrogens with two attached hydrogens (primary N) is 1. The van der Waals surface area contributed by atoms with Crippen molar-refractivity contribution < 1.29 is 13.2 Å². The molecule has 0 fully saturated rings. The third kappa shape index (κ3) is 3.72. The third-order valence-electron chi connectivity index (χ3n) is 2.32. The Kier molecular flexibility index (Phi) is 5.25. The van der Waals surface area contributed by atoms with Crippen molar-refractivity contribution >= 4 is 24.0 Å². The molecule has 0 saturated heterocycles. The quantitative estimate of drug-likeness (QED) is 0.906. The molecule has 1 aromatic rings. The summed E-state index contributed by atoms with van der Waals surface area (Å²) >= 11 is 5.78. The molecule has 0 bridgehead atoms. The topological polar surface area (TPSA) is 38.9 Å². The Hall–Kier alpha value is -0.520. The van der Waals surface area contributed by atoms with Gasteiger partial charge >= 0.3 is 6.18 Å². The van der Waals surface area contributed by atoms with Crippen LogP contribution in [0.15, 0.2) is 12.3 Å². The molecule has 0 aliphatic heterocycles. The lowest BCUT2D eigenvalue weighted by Gasteiger charge is -2.23. The minimum Gasteiger partial charge on any atom is -0.330 e. The van der Waals surface area contributed by atoms with Crippen molar-refractivity contribution in [3.8, 4) is 0 Å². The number of hydrogen-bond acceptors (Lipinski definition) is 2. The van der Waals surface area contributed by atoms with Crippen molar-refractivity contribution in [2.45, 2.75) is 25.4 Å². The Bertz CT molecular complexity index is 392. The fraction of sp³-hybridized carbons (Fsp3) is 0.500. The van der Waals surface area contributed by atoms with Crippen molar-refractivity contribution in [2.24, 2.45) is 5.73 Å². The van der Waals surface area contributed by atoms with Gasteiger partial charge in [0, 0.05) is 18.2 Å². The molecular weight excluding hydrogens is 276 g/mol. The number of hydrogen-bond donors (Lipinski definition) is 1. The van der Waals surface area contributed by atoms with Crippen LogP contribution in [0.5, 0.6) is 0 Å². The molecule has 17 heavy (non-hydrogen) atoms. The van der Waals surface area contributed by atoms with Crippen molar-refractivity contribution in [2.75, 3.05) is 6.54 Å². The summed E-state index contributed by atoms with van der Waals surface area (Å²) in [6, 6.07) is 0.876. The molecule has 1 rings (SSSR count). The molecule has 98 valence electrons. The number of rotatable bonds is 2. The summed E-state index contributed by atoms with van der Waals surface area (Å²) in [6.45, 7) is 3.80. The van der Waals surface area contributed by atoms with E-state index in [-0.39, 0.29) is 24.0 Å². The SMILES string of the molecule is CC(C)(CN)c1ncc(C(F)(F)F)cc1Cl.Cl. The first-order chi connectivity index (χ1) is 7.18. The van der Waals surface area contributed by atoms with Crippen LogP contribution in [0, 0.1) is 0 Å². The summed E-state index contributed by atoms with van der Waals surface area (Å²) in [4.78, 5) is 3.76. The highest BCUT2D eigenvalue weighted by molar-refractivity contribution is 6.31. The van der Waals surface area contributed by atoms with Crippen molar-refractivity contribution in [3.63, 3.8) is 0 Å². The first kappa shape index (κ1) is 16.5. The lowest BCUT2D eigenvalue weighted by atomic mass is 9.89. The molecule has 0 aromatic carbocycles. The molecule has 0 radical (unpaired) electrons. The van der Waals surface area contributed by atoms with E-state index < -0.39 is 17.2 Å². The van der Waals surface area contributed by atoms with Gasteiger partial charge in [-0.15, -0.1) is 12.4 Å². The Morgan fingerprint density at radius 1 is 1.35 bits per heavy atom. The normalized spacial score (nSPS) is 12.2. The zero-order valence-electron chi connectivity index (χ0n) is 9.31. The molecule has 0 aliphatic rings. The maximum Gasteiger partial charge on any atom is 0.417 e. The second-order valence-electron chi connectivity index (χ2n) is 4.14. The Morgan fingerprint density at radius 3 is 2.24 bits per heavy atom. The van der Waals surface area contributed by atoms with E-state index in [1.807, 2.05) is 0 Å². The standard InChI is InChI=1S/C10H12ClF3N2.ClH/c1-9(2,5-15)8-7(11)3-6(4-16-8)10(12,13)14;/h3-4H,5,15H2,1-2H3;1H. The number of aromatic nitrogens is 1. The summed E-state index contributed by atoms with van der Waals surface area (Å²) < 4.78 is 37.1. The molecule has 1 aromatic heterocycles. The van der Waals surface area contributed by atoms with Crippen LogP contribution in [0.25, 0.3) is 0 Å². The maximum atomic E-state index is 12.4. The summed E-state index contributed by atoms with van der Waals surface area (Å²) in [5, 5.41) is -0.00900. The van der Waals surface area contributed by atoms with Crippen LogP contribution >= 0.6 is 24.0 Å². The lowest BCUT2D eigenvalue weighted by molar-refractivity contribution is -0.137. The maximum absolute atomic E-state index is 12.4. The van der Waals surface area contributed by atoms with Crippen LogP contribution in [0.4, 0.5) is 13.2 Å². The van der Waals surface area contributed by atoms with Gasteiger partial charge in [0.2, 0.25) is 0 Å². The van der Waals surface area contributed by atoms with E-state index in [1.165, 1.54) is 0 Å². The highest BCUT2D eigenvalue weighted by Crippen LogP contribution is 2.34.